The molecule has 150 valence electrons. The summed E-state index contributed by atoms with van der Waals surface area (Å²) < 4.78 is 51.6. The maximum absolute atomic E-state index is 13.4. The van der Waals surface area contributed by atoms with Gasteiger partial charge in [0.2, 0.25) is 10.0 Å². The fraction of sp³-hybridized carbons (Fsp3) is 0.316. The minimum Gasteiger partial charge on any atom is -0.495 e. The minimum absolute atomic E-state index is 0.00853. The molecule has 1 saturated heterocycles. The highest BCUT2D eigenvalue weighted by atomic mass is 32.2. The number of carbonyl (C=O) groups excluding carboxylic acids is 1. The Labute approximate surface area is 162 Å². The molecule has 9 heteroatoms. The zero-order chi connectivity index (χ0) is 20.3. The molecule has 0 aliphatic carbocycles. The summed E-state index contributed by atoms with van der Waals surface area (Å²) in [4.78, 5) is 12.5. The van der Waals surface area contributed by atoms with Gasteiger partial charge in [-0.25, -0.2) is 17.5 Å². The number of anilines is 1. The molecule has 1 heterocycles. The SMILES string of the molecule is COc1ccc(S(=O)(=O)N[C@@H]2CCOC2)cc1NC(=O)c1ccc(F)c(C)c1. The second-order valence-electron chi connectivity index (χ2n) is 6.46. The first-order valence-electron chi connectivity index (χ1n) is 8.66. The second kappa shape index (κ2) is 8.26. The quantitative estimate of drug-likeness (QED) is 0.766. The molecule has 0 saturated carbocycles. The normalized spacial score (nSPS) is 16.8. The van der Waals surface area contributed by atoms with Crippen molar-refractivity contribution < 1.29 is 27.1 Å². The molecule has 1 amide bonds. The topological polar surface area (TPSA) is 93.7 Å². The first-order chi connectivity index (χ1) is 13.3. The summed E-state index contributed by atoms with van der Waals surface area (Å²) in [5.41, 5.74) is 0.773. The van der Waals surface area contributed by atoms with Gasteiger partial charge in [0.25, 0.3) is 5.91 Å². The van der Waals surface area contributed by atoms with E-state index in [1.165, 1.54) is 43.5 Å². The molecular weight excluding hydrogens is 387 g/mol. The lowest BCUT2D eigenvalue weighted by Gasteiger charge is -2.15. The van der Waals surface area contributed by atoms with Crippen LogP contribution in [-0.4, -0.2) is 40.7 Å². The maximum Gasteiger partial charge on any atom is 0.255 e. The van der Waals surface area contributed by atoms with Crippen molar-refractivity contribution >= 4 is 21.6 Å². The van der Waals surface area contributed by atoms with Crippen LogP contribution in [0.15, 0.2) is 41.3 Å². The van der Waals surface area contributed by atoms with E-state index in [0.717, 1.165) is 0 Å². The van der Waals surface area contributed by atoms with Crippen LogP contribution < -0.4 is 14.8 Å². The fourth-order valence-corrected chi connectivity index (χ4v) is 4.13. The molecule has 0 unspecified atom stereocenters. The average molecular weight is 408 g/mol. The molecule has 2 N–H and O–H groups in total. The first kappa shape index (κ1) is 20.2. The lowest BCUT2D eigenvalue weighted by atomic mass is 10.1. The third kappa shape index (κ3) is 4.49. The van der Waals surface area contributed by atoms with Crippen molar-refractivity contribution in [3.05, 3.63) is 53.3 Å². The second-order valence-corrected chi connectivity index (χ2v) is 8.18. The molecular formula is C19H21FN2O5S. The number of carbonyl (C=O) groups is 1. The molecule has 7 nitrogen and oxygen atoms in total. The molecule has 1 aliphatic heterocycles. The standard InChI is InChI=1S/C19H21FN2O5S/c1-12-9-13(3-5-16(12)20)19(23)21-17-10-15(4-6-18(17)26-2)28(24,25)22-14-7-8-27-11-14/h3-6,9-10,14,22H,7-8,11H2,1-2H3,(H,21,23)/t14-/m1/s1. The molecule has 2 aromatic rings. The number of amides is 1. The number of hydrogen-bond donors (Lipinski definition) is 2. The van der Waals surface area contributed by atoms with Crippen molar-refractivity contribution in [1.82, 2.24) is 4.72 Å². The Morgan fingerprint density at radius 2 is 2.04 bits per heavy atom. The Morgan fingerprint density at radius 3 is 2.68 bits per heavy atom. The molecule has 2 aromatic carbocycles. The number of nitrogens with one attached hydrogen (secondary N) is 2. The fourth-order valence-electron chi connectivity index (χ4n) is 2.85. The van der Waals surface area contributed by atoms with Gasteiger partial charge >= 0.3 is 0 Å². The van der Waals surface area contributed by atoms with Crippen LogP contribution in [0.1, 0.15) is 22.3 Å². The van der Waals surface area contributed by atoms with Gasteiger partial charge in [0, 0.05) is 18.2 Å². The van der Waals surface area contributed by atoms with E-state index in [-0.39, 0.29) is 22.2 Å². The minimum atomic E-state index is -3.79. The van der Waals surface area contributed by atoms with Crippen molar-refractivity contribution in [2.75, 3.05) is 25.6 Å². The Bertz CT molecular complexity index is 988. The van der Waals surface area contributed by atoms with E-state index in [1.54, 1.807) is 6.92 Å². The van der Waals surface area contributed by atoms with Crippen LogP contribution in [0.2, 0.25) is 0 Å². The molecule has 28 heavy (non-hydrogen) atoms. The lowest BCUT2D eigenvalue weighted by Crippen LogP contribution is -2.35. The molecule has 3 rings (SSSR count). The van der Waals surface area contributed by atoms with Crippen molar-refractivity contribution in [2.45, 2.75) is 24.3 Å². The summed E-state index contributed by atoms with van der Waals surface area (Å²) >= 11 is 0. The first-order valence-corrected chi connectivity index (χ1v) is 10.1. The largest absolute Gasteiger partial charge is 0.495 e. The predicted octanol–water partition coefficient (Wildman–Crippen LogP) is 2.46. The van der Waals surface area contributed by atoms with Crippen LogP contribution >= 0.6 is 0 Å². The van der Waals surface area contributed by atoms with Crippen LogP contribution in [0.3, 0.4) is 0 Å². The highest BCUT2D eigenvalue weighted by molar-refractivity contribution is 7.89. The molecule has 0 bridgehead atoms. The van der Waals surface area contributed by atoms with Gasteiger partial charge in [0.15, 0.2) is 0 Å². The van der Waals surface area contributed by atoms with Crippen molar-refractivity contribution in [2.24, 2.45) is 0 Å². The summed E-state index contributed by atoms with van der Waals surface area (Å²) in [6.07, 6.45) is 0.600. The molecule has 0 spiro atoms. The van der Waals surface area contributed by atoms with Gasteiger partial charge in [-0.3, -0.25) is 4.79 Å². The van der Waals surface area contributed by atoms with E-state index in [1.807, 2.05) is 0 Å². The van der Waals surface area contributed by atoms with E-state index in [2.05, 4.69) is 10.0 Å². The number of sulfonamides is 1. The van der Waals surface area contributed by atoms with Gasteiger partial charge in [0.1, 0.15) is 11.6 Å². The molecule has 1 aliphatic rings. The smallest absolute Gasteiger partial charge is 0.255 e. The number of methoxy groups -OCH3 is 1. The Balaban J connectivity index is 1.86. The molecule has 1 atom stereocenters. The Kier molecular flexibility index (Phi) is 5.97. The third-order valence-corrected chi connectivity index (χ3v) is 5.92. The third-order valence-electron chi connectivity index (χ3n) is 4.40. The number of ether oxygens (including phenoxy) is 2. The number of aryl methyl sites for hydroxylation is 1. The van der Waals surface area contributed by atoms with E-state index in [4.69, 9.17) is 9.47 Å². The van der Waals surface area contributed by atoms with Gasteiger partial charge in [-0.15, -0.1) is 0 Å². The van der Waals surface area contributed by atoms with Crippen LogP contribution in [0.4, 0.5) is 10.1 Å². The Hall–Kier alpha value is -2.49. The van der Waals surface area contributed by atoms with E-state index in [0.29, 0.717) is 30.9 Å². The van der Waals surface area contributed by atoms with E-state index < -0.39 is 21.7 Å². The van der Waals surface area contributed by atoms with Crippen LogP contribution in [0.25, 0.3) is 0 Å². The Morgan fingerprint density at radius 1 is 1.25 bits per heavy atom. The zero-order valence-electron chi connectivity index (χ0n) is 15.5. The van der Waals surface area contributed by atoms with Gasteiger partial charge in [-0.2, -0.15) is 0 Å². The highest BCUT2D eigenvalue weighted by Crippen LogP contribution is 2.28. The lowest BCUT2D eigenvalue weighted by molar-refractivity contribution is 0.102. The summed E-state index contributed by atoms with van der Waals surface area (Å²) in [7, 11) is -2.38. The summed E-state index contributed by atoms with van der Waals surface area (Å²) in [5, 5.41) is 2.63. The number of halogens is 1. The van der Waals surface area contributed by atoms with Gasteiger partial charge < -0.3 is 14.8 Å². The average Bonchev–Trinajstić information content (AvgIpc) is 3.16. The highest BCUT2D eigenvalue weighted by Gasteiger charge is 2.24. The van der Waals surface area contributed by atoms with Gasteiger partial charge in [-0.05, 0) is 55.3 Å². The van der Waals surface area contributed by atoms with Crippen molar-refractivity contribution in [3.8, 4) is 5.75 Å². The van der Waals surface area contributed by atoms with E-state index >= 15 is 0 Å². The van der Waals surface area contributed by atoms with Crippen LogP contribution in [0, 0.1) is 12.7 Å². The van der Waals surface area contributed by atoms with Crippen molar-refractivity contribution in [3.63, 3.8) is 0 Å². The van der Waals surface area contributed by atoms with Gasteiger partial charge in [0.05, 0.1) is 24.3 Å². The summed E-state index contributed by atoms with van der Waals surface area (Å²) in [6.45, 7) is 2.38. The number of rotatable bonds is 6. The van der Waals surface area contributed by atoms with E-state index in [9.17, 15) is 17.6 Å². The summed E-state index contributed by atoms with van der Waals surface area (Å²) in [6, 6.07) is 7.87. The van der Waals surface area contributed by atoms with Crippen LogP contribution in [-0.2, 0) is 14.8 Å². The van der Waals surface area contributed by atoms with Crippen LogP contribution in [0.5, 0.6) is 5.75 Å². The molecule has 0 radical (unpaired) electrons. The van der Waals surface area contributed by atoms with Crippen molar-refractivity contribution in [1.29, 1.82) is 0 Å². The zero-order valence-corrected chi connectivity index (χ0v) is 16.3. The summed E-state index contributed by atoms with van der Waals surface area (Å²) in [5.74, 6) is -0.618. The molecule has 0 aromatic heterocycles. The number of hydrogen-bond acceptors (Lipinski definition) is 5. The molecule has 1 fully saturated rings. The van der Waals surface area contributed by atoms with Gasteiger partial charge in [-0.1, -0.05) is 0 Å². The predicted molar refractivity (Wildman–Crippen MR) is 102 cm³/mol. The number of benzene rings is 2. The maximum atomic E-state index is 13.4. The monoisotopic (exact) mass is 408 g/mol.